The van der Waals surface area contributed by atoms with Crippen molar-refractivity contribution in [1.82, 2.24) is 0 Å². The van der Waals surface area contributed by atoms with Crippen LogP contribution in [0.15, 0.2) is 42.5 Å². The minimum Gasteiger partial charge on any atom is -0.384 e. The maximum atomic E-state index is 13.0. The number of aliphatic hydroxyl groups is 1. The van der Waals surface area contributed by atoms with Crippen LogP contribution >= 0.6 is 23.2 Å². The lowest BCUT2D eigenvalue weighted by Gasteiger charge is -2.12. The monoisotopic (exact) mass is 270 g/mol. The lowest BCUT2D eigenvalue weighted by atomic mass is 10.0. The van der Waals surface area contributed by atoms with E-state index in [1.54, 1.807) is 24.3 Å². The van der Waals surface area contributed by atoms with Crippen molar-refractivity contribution >= 4 is 23.2 Å². The second-order valence-corrected chi connectivity index (χ2v) is 4.47. The van der Waals surface area contributed by atoms with Gasteiger partial charge in [-0.05, 0) is 35.4 Å². The van der Waals surface area contributed by atoms with E-state index in [1.165, 1.54) is 18.2 Å². The van der Waals surface area contributed by atoms with E-state index in [9.17, 15) is 9.50 Å². The van der Waals surface area contributed by atoms with Gasteiger partial charge in [0, 0.05) is 5.02 Å². The number of rotatable bonds is 2. The normalized spacial score (nSPS) is 12.5. The van der Waals surface area contributed by atoms with Gasteiger partial charge in [0.2, 0.25) is 0 Å². The third-order valence-electron chi connectivity index (χ3n) is 2.42. The van der Waals surface area contributed by atoms with Crippen molar-refractivity contribution in [2.24, 2.45) is 0 Å². The Labute approximate surface area is 108 Å². The Bertz CT molecular complexity index is 543. The number of hydrogen-bond donors (Lipinski definition) is 1. The fraction of sp³-hybridized carbons (Fsp3) is 0.0769. The molecule has 2 aromatic carbocycles. The van der Waals surface area contributed by atoms with Crippen LogP contribution in [0.1, 0.15) is 17.2 Å². The van der Waals surface area contributed by atoms with Gasteiger partial charge in [-0.1, -0.05) is 41.4 Å². The number of benzene rings is 2. The van der Waals surface area contributed by atoms with Crippen molar-refractivity contribution in [2.45, 2.75) is 6.10 Å². The topological polar surface area (TPSA) is 20.2 Å². The van der Waals surface area contributed by atoms with Crippen LogP contribution in [0.4, 0.5) is 4.39 Å². The first-order valence-corrected chi connectivity index (χ1v) is 5.72. The number of halogens is 3. The van der Waals surface area contributed by atoms with Crippen LogP contribution in [0.2, 0.25) is 10.0 Å². The van der Waals surface area contributed by atoms with Crippen molar-refractivity contribution in [3.8, 4) is 0 Å². The van der Waals surface area contributed by atoms with Crippen molar-refractivity contribution in [2.75, 3.05) is 0 Å². The van der Waals surface area contributed by atoms with Crippen LogP contribution < -0.4 is 0 Å². The minimum absolute atomic E-state index is 0.0106. The van der Waals surface area contributed by atoms with Gasteiger partial charge < -0.3 is 5.11 Å². The van der Waals surface area contributed by atoms with Crippen LogP contribution in [-0.2, 0) is 0 Å². The molecule has 4 heteroatoms. The van der Waals surface area contributed by atoms with Crippen molar-refractivity contribution < 1.29 is 9.50 Å². The zero-order valence-corrected chi connectivity index (χ0v) is 10.2. The molecule has 0 fully saturated rings. The van der Waals surface area contributed by atoms with Crippen molar-refractivity contribution in [3.05, 3.63) is 69.5 Å². The summed E-state index contributed by atoms with van der Waals surface area (Å²) in [5.41, 5.74) is 1.17. The lowest BCUT2D eigenvalue weighted by molar-refractivity contribution is 0.220. The van der Waals surface area contributed by atoms with Gasteiger partial charge >= 0.3 is 0 Å². The molecule has 0 heterocycles. The van der Waals surface area contributed by atoms with E-state index in [0.717, 1.165) is 0 Å². The minimum atomic E-state index is -0.869. The molecule has 88 valence electrons. The summed E-state index contributed by atoms with van der Waals surface area (Å²) in [7, 11) is 0. The Balaban J connectivity index is 2.36. The van der Waals surface area contributed by atoms with E-state index >= 15 is 0 Å². The van der Waals surface area contributed by atoms with E-state index in [2.05, 4.69) is 0 Å². The predicted octanol–water partition coefficient (Wildman–Crippen LogP) is 4.21. The van der Waals surface area contributed by atoms with Crippen LogP contribution in [0.25, 0.3) is 0 Å². The fourth-order valence-corrected chi connectivity index (χ4v) is 1.94. The summed E-state index contributed by atoms with van der Waals surface area (Å²) < 4.78 is 13.0. The quantitative estimate of drug-likeness (QED) is 0.867. The molecule has 17 heavy (non-hydrogen) atoms. The highest BCUT2D eigenvalue weighted by atomic mass is 35.5. The molecule has 0 aliphatic rings. The molecular weight excluding hydrogens is 262 g/mol. The van der Waals surface area contributed by atoms with Crippen molar-refractivity contribution in [3.63, 3.8) is 0 Å². The summed E-state index contributed by atoms with van der Waals surface area (Å²) in [5.74, 6) is -0.506. The third kappa shape index (κ3) is 2.78. The predicted molar refractivity (Wildman–Crippen MR) is 66.9 cm³/mol. The maximum absolute atomic E-state index is 13.0. The Hall–Kier alpha value is -1.09. The summed E-state index contributed by atoms with van der Waals surface area (Å²) in [6, 6.07) is 11.0. The highest BCUT2D eigenvalue weighted by molar-refractivity contribution is 6.31. The zero-order chi connectivity index (χ0) is 12.4. The van der Waals surface area contributed by atoms with E-state index in [4.69, 9.17) is 23.2 Å². The lowest BCUT2D eigenvalue weighted by Crippen LogP contribution is -1.99. The average molecular weight is 271 g/mol. The molecule has 0 aliphatic heterocycles. The van der Waals surface area contributed by atoms with E-state index in [-0.39, 0.29) is 5.02 Å². The Morgan fingerprint density at radius 2 is 1.71 bits per heavy atom. The fourth-order valence-electron chi connectivity index (χ4n) is 1.55. The summed E-state index contributed by atoms with van der Waals surface area (Å²) >= 11 is 11.5. The highest BCUT2D eigenvalue weighted by Gasteiger charge is 2.12. The number of aliphatic hydroxyl groups excluding tert-OH is 1. The van der Waals surface area contributed by atoms with Gasteiger partial charge in [-0.25, -0.2) is 4.39 Å². The molecule has 0 radical (unpaired) electrons. The van der Waals surface area contributed by atoms with E-state index < -0.39 is 11.9 Å². The van der Waals surface area contributed by atoms with E-state index in [0.29, 0.717) is 16.1 Å². The summed E-state index contributed by atoms with van der Waals surface area (Å²) in [4.78, 5) is 0. The molecule has 1 atom stereocenters. The van der Waals surface area contributed by atoms with Gasteiger partial charge in [0.15, 0.2) is 0 Å². The molecule has 0 aliphatic carbocycles. The highest BCUT2D eigenvalue weighted by Crippen LogP contribution is 2.27. The first kappa shape index (κ1) is 12.4. The molecule has 1 nitrogen and oxygen atoms in total. The van der Waals surface area contributed by atoms with Crippen LogP contribution in [0.3, 0.4) is 0 Å². The molecule has 0 bridgehead atoms. The largest absolute Gasteiger partial charge is 0.384 e. The molecule has 0 spiro atoms. The molecule has 1 N–H and O–H groups in total. The van der Waals surface area contributed by atoms with Crippen LogP contribution in [0.5, 0.6) is 0 Å². The van der Waals surface area contributed by atoms with Crippen LogP contribution in [0, 0.1) is 5.82 Å². The van der Waals surface area contributed by atoms with Gasteiger partial charge in [0.05, 0.1) is 5.02 Å². The molecule has 2 aromatic rings. The second kappa shape index (κ2) is 5.05. The molecule has 0 amide bonds. The summed E-state index contributed by atoms with van der Waals surface area (Å²) in [5, 5.41) is 10.6. The Morgan fingerprint density at radius 3 is 2.35 bits per heavy atom. The number of hydrogen-bond acceptors (Lipinski definition) is 1. The van der Waals surface area contributed by atoms with Gasteiger partial charge in [-0.15, -0.1) is 0 Å². The summed E-state index contributed by atoms with van der Waals surface area (Å²) in [6.07, 6.45) is -0.869. The second-order valence-electron chi connectivity index (χ2n) is 3.63. The van der Waals surface area contributed by atoms with Crippen molar-refractivity contribution in [1.29, 1.82) is 0 Å². The molecular formula is C13H9Cl2FO. The van der Waals surface area contributed by atoms with Gasteiger partial charge in [0.25, 0.3) is 0 Å². The van der Waals surface area contributed by atoms with Crippen LogP contribution in [-0.4, -0.2) is 5.11 Å². The average Bonchev–Trinajstić information content (AvgIpc) is 2.32. The smallest absolute Gasteiger partial charge is 0.141 e. The first-order valence-electron chi connectivity index (χ1n) is 4.96. The molecule has 2 rings (SSSR count). The van der Waals surface area contributed by atoms with Gasteiger partial charge in [0.1, 0.15) is 11.9 Å². The maximum Gasteiger partial charge on any atom is 0.141 e. The first-order chi connectivity index (χ1) is 8.08. The van der Waals surface area contributed by atoms with E-state index in [1.807, 2.05) is 0 Å². The summed E-state index contributed by atoms with van der Waals surface area (Å²) in [6.45, 7) is 0. The Kier molecular flexibility index (Phi) is 3.67. The standard InChI is InChI=1S/C13H9Cl2FO/c14-10-3-1-2-8(6-10)13(17)9-4-5-12(16)11(15)7-9/h1-7,13,17H/t13-/m0/s1. The SMILES string of the molecule is O[C@@H](c1cccc(Cl)c1)c1ccc(F)c(Cl)c1. The third-order valence-corrected chi connectivity index (χ3v) is 2.95. The zero-order valence-electron chi connectivity index (χ0n) is 8.70. The van der Waals surface area contributed by atoms with Gasteiger partial charge in [-0.3, -0.25) is 0 Å². The molecule has 0 saturated heterocycles. The Morgan fingerprint density at radius 1 is 1.00 bits per heavy atom. The molecule has 0 saturated carbocycles. The molecule has 0 aromatic heterocycles. The molecule has 0 unspecified atom stereocenters. The van der Waals surface area contributed by atoms with Gasteiger partial charge in [-0.2, -0.15) is 0 Å².